The van der Waals surface area contributed by atoms with Crippen LogP contribution in [0.15, 0.2) is 28.7 Å². The number of hydrogen-bond acceptors (Lipinski definition) is 2. The number of benzene rings is 1. The van der Waals surface area contributed by atoms with Gasteiger partial charge in [0.05, 0.1) is 5.69 Å². The van der Waals surface area contributed by atoms with Crippen LogP contribution in [-0.4, -0.2) is 13.1 Å². The zero-order valence-corrected chi connectivity index (χ0v) is 13.9. The third kappa shape index (κ3) is 3.48. The third-order valence-corrected chi connectivity index (χ3v) is 4.82. The SMILES string of the molecule is CCCCCCCc1oc2ccccc2c1N1CCCCC1. The van der Waals surface area contributed by atoms with Crippen LogP contribution >= 0.6 is 0 Å². The lowest BCUT2D eigenvalue weighted by Gasteiger charge is -2.28. The number of para-hydroxylation sites is 1. The van der Waals surface area contributed by atoms with Crippen molar-refractivity contribution in [2.75, 3.05) is 18.0 Å². The van der Waals surface area contributed by atoms with Crippen LogP contribution in [0.2, 0.25) is 0 Å². The molecule has 1 fully saturated rings. The highest BCUT2D eigenvalue weighted by Gasteiger charge is 2.21. The van der Waals surface area contributed by atoms with Gasteiger partial charge in [0.1, 0.15) is 11.3 Å². The standard InChI is InChI=1S/C20H29NO/c1-2-3-4-5-7-14-19-20(21-15-10-6-11-16-21)17-12-8-9-13-18(17)22-19/h8-9,12-13H,2-7,10-11,14-16H2,1H3. The molecule has 2 heterocycles. The quantitative estimate of drug-likeness (QED) is 0.589. The lowest BCUT2D eigenvalue weighted by atomic mass is 10.1. The summed E-state index contributed by atoms with van der Waals surface area (Å²) in [5, 5.41) is 1.31. The van der Waals surface area contributed by atoms with Gasteiger partial charge < -0.3 is 9.32 Å². The minimum atomic E-state index is 1.06. The van der Waals surface area contributed by atoms with Gasteiger partial charge >= 0.3 is 0 Å². The van der Waals surface area contributed by atoms with Crippen molar-refractivity contribution in [2.24, 2.45) is 0 Å². The van der Waals surface area contributed by atoms with Crippen LogP contribution in [0.3, 0.4) is 0 Å². The second-order valence-corrected chi connectivity index (χ2v) is 6.58. The molecule has 0 radical (unpaired) electrons. The second kappa shape index (κ2) is 7.71. The summed E-state index contributed by atoms with van der Waals surface area (Å²) in [6, 6.07) is 8.56. The van der Waals surface area contributed by atoms with Gasteiger partial charge in [-0.15, -0.1) is 0 Å². The van der Waals surface area contributed by atoms with E-state index in [9.17, 15) is 0 Å². The summed E-state index contributed by atoms with van der Waals surface area (Å²) in [5.41, 5.74) is 2.46. The van der Waals surface area contributed by atoms with Crippen LogP contribution in [-0.2, 0) is 6.42 Å². The molecule has 1 saturated heterocycles. The fourth-order valence-electron chi connectivity index (χ4n) is 3.61. The van der Waals surface area contributed by atoms with Gasteiger partial charge in [-0.3, -0.25) is 0 Å². The molecule has 0 unspecified atom stereocenters. The summed E-state index contributed by atoms with van der Waals surface area (Å²) in [5.74, 6) is 1.22. The van der Waals surface area contributed by atoms with Crippen molar-refractivity contribution in [3.8, 4) is 0 Å². The zero-order valence-electron chi connectivity index (χ0n) is 13.9. The van der Waals surface area contributed by atoms with Crippen LogP contribution in [0.4, 0.5) is 5.69 Å². The van der Waals surface area contributed by atoms with Gasteiger partial charge in [-0.25, -0.2) is 0 Å². The Balaban J connectivity index is 1.78. The fraction of sp³-hybridized carbons (Fsp3) is 0.600. The van der Waals surface area contributed by atoms with Crippen molar-refractivity contribution >= 4 is 16.7 Å². The fourth-order valence-corrected chi connectivity index (χ4v) is 3.61. The van der Waals surface area contributed by atoms with E-state index in [1.165, 1.54) is 81.3 Å². The largest absolute Gasteiger partial charge is 0.459 e. The molecule has 0 saturated carbocycles. The summed E-state index contributed by atoms with van der Waals surface area (Å²) in [6.07, 6.45) is 11.7. The van der Waals surface area contributed by atoms with Crippen LogP contribution in [0.1, 0.15) is 64.1 Å². The molecule has 1 aromatic heterocycles. The normalized spacial score (nSPS) is 15.6. The molecule has 0 aliphatic carbocycles. The van der Waals surface area contributed by atoms with E-state index in [0.29, 0.717) is 0 Å². The van der Waals surface area contributed by atoms with Gasteiger partial charge in [0.15, 0.2) is 0 Å². The highest BCUT2D eigenvalue weighted by atomic mass is 16.3. The smallest absolute Gasteiger partial charge is 0.136 e. The number of rotatable bonds is 7. The molecular formula is C20H29NO. The first-order valence-electron chi connectivity index (χ1n) is 9.15. The summed E-state index contributed by atoms with van der Waals surface area (Å²) in [6.45, 7) is 4.65. The average molecular weight is 299 g/mol. The maximum atomic E-state index is 6.22. The molecule has 0 N–H and O–H groups in total. The molecule has 3 rings (SSSR count). The summed E-state index contributed by atoms with van der Waals surface area (Å²) < 4.78 is 6.22. The van der Waals surface area contributed by atoms with E-state index in [2.05, 4.69) is 36.1 Å². The van der Waals surface area contributed by atoms with Crippen molar-refractivity contribution in [2.45, 2.75) is 64.7 Å². The number of hydrogen-bond donors (Lipinski definition) is 0. The van der Waals surface area contributed by atoms with E-state index in [1.807, 2.05) is 0 Å². The van der Waals surface area contributed by atoms with Crippen LogP contribution in [0.5, 0.6) is 0 Å². The van der Waals surface area contributed by atoms with E-state index in [4.69, 9.17) is 4.42 Å². The first-order chi connectivity index (χ1) is 10.9. The van der Waals surface area contributed by atoms with Gasteiger partial charge in [-0.1, -0.05) is 44.7 Å². The van der Waals surface area contributed by atoms with Crippen LogP contribution < -0.4 is 4.90 Å². The maximum Gasteiger partial charge on any atom is 0.136 e. The number of piperidine rings is 1. The number of anilines is 1. The molecule has 0 bridgehead atoms. The lowest BCUT2D eigenvalue weighted by molar-refractivity contribution is 0.515. The molecule has 0 spiro atoms. The zero-order chi connectivity index (χ0) is 15.2. The number of unbranched alkanes of at least 4 members (excludes halogenated alkanes) is 4. The molecule has 1 aromatic carbocycles. The molecule has 2 nitrogen and oxygen atoms in total. The predicted octanol–water partition coefficient (Wildman–Crippen LogP) is 5.94. The number of fused-ring (bicyclic) bond motifs is 1. The Morgan fingerprint density at radius 3 is 2.55 bits per heavy atom. The van der Waals surface area contributed by atoms with Crippen molar-refractivity contribution in [3.63, 3.8) is 0 Å². The molecule has 120 valence electrons. The maximum absolute atomic E-state index is 6.22. The molecule has 22 heavy (non-hydrogen) atoms. The van der Waals surface area contributed by atoms with Crippen molar-refractivity contribution in [3.05, 3.63) is 30.0 Å². The molecule has 0 atom stereocenters. The minimum absolute atomic E-state index is 1.06. The molecule has 1 aliphatic rings. The Morgan fingerprint density at radius 2 is 1.73 bits per heavy atom. The number of furan rings is 1. The summed E-state index contributed by atoms with van der Waals surface area (Å²) in [7, 11) is 0. The summed E-state index contributed by atoms with van der Waals surface area (Å²) in [4.78, 5) is 2.57. The number of nitrogens with zero attached hydrogens (tertiary/aromatic N) is 1. The van der Waals surface area contributed by atoms with Gasteiger partial charge in [-0.2, -0.15) is 0 Å². The lowest BCUT2D eigenvalue weighted by Crippen LogP contribution is -2.29. The molecule has 1 aliphatic heterocycles. The predicted molar refractivity (Wildman–Crippen MR) is 94.7 cm³/mol. The molecular weight excluding hydrogens is 270 g/mol. The Kier molecular flexibility index (Phi) is 5.42. The monoisotopic (exact) mass is 299 g/mol. The van der Waals surface area contributed by atoms with E-state index in [-0.39, 0.29) is 0 Å². The van der Waals surface area contributed by atoms with Gasteiger partial charge in [-0.05, 0) is 37.8 Å². The topological polar surface area (TPSA) is 16.4 Å². The second-order valence-electron chi connectivity index (χ2n) is 6.58. The molecule has 0 amide bonds. The Bertz CT molecular complexity index is 580. The van der Waals surface area contributed by atoms with Crippen molar-refractivity contribution in [1.29, 1.82) is 0 Å². The first kappa shape index (κ1) is 15.5. The third-order valence-electron chi connectivity index (χ3n) is 4.82. The summed E-state index contributed by atoms with van der Waals surface area (Å²) >= 11 is 0. The first-order valence-corrected chi connectivity index (χ1v) is 9.15. The Labute approximate surface area is 134 Å². The highest BCUT2D eigenvalue weighted by Crippen LogP contribution is 2.36. The van der Waals surface area contributed by atoms with Crippen molar-refractivity contribution in [1.82, 2.24) is 0 Å². The minimum Gasteiger partial charge on any atom is -0.459 e. The number of aryl methyl sites for hydroxylation is 1. The van der Waals surface area contributed by atoms with Crippen molar-refractivity contribution < 1.29 is 4.42 Å². The van der Waals surface area contributed by atoms with Crippen LogP contribution in [0, 0.1) is 0 Å². The van der Waals surface area contributed by atoms with Crippen LogP contribution in [0.25, 0.3) is 11.0 Å². The van der Waals surface area contributed by atoms with Gasteiger partial charge in [0, 0.05) is 24.9 Å². The molecule has 2 heteroatoms. The van der Waals surface area contributed by atoms with E-state index in [0.717, 1.165) is 12.0 Å². The van der Waals surface area contributed by atoms with Gasteiger partial charge in [0.25, 0.3) is 0 Å². The average Bonchev–Trinajstić information content (AvgIpc) is 2.93. The Hall–Kier alpha value is -1.44. The van der Waals surface area contributed by atoms with E-state index in [1.54, 1.807) is 0 Å². The molecule has 2 aromatic rings. The van der Waals surface area contributed by atoms with E-state index < -0.39 is 0 Å². The van der Waals surface area contributed by atoms with E-state index >= 15 is 0 Å². The Morgan fingerprint density at radius 1 is 0.955 bits per heavy atom. The van der Waals surface area contributed by atoms with Gasteiger partial charge in [0.2, 0.25) is 0 Å². The highest BCUT2D eigenvalue weighted by molar-refractivity contribution is 5.93.